The van der Waals surface area contributed by atoms with Crippen LogP contribution in [0.5, 0.6) is 0 Å². The monoisotopic (exact) mass is 881 g/mol. The molecule has 0 aliphatic heterocycles. The van der Waals surface area contributed by atoms with Crippen LogP contribution in [-0.4, -0.2) is 98.3 Å². The first kappa shape index (κ1) is 56.0. The molecule has 0 amide bonds. The van der Waals surface area contributed by atoms with Gasteiger partial charge in [-0.25, -0.2) is 4.57 Å². The average Bonchev–Trinajstić information content (AvgIpc) is 3.24. The fourth-order valence-electron chi connectivity index (χ4n) is 6.05. The van der Waals surface area contributed by atoms with Crippen LogP contribution < -0.4 is 0 Å². The highest BCUT2D eigenvalue weighted by molar-refractivity contribution is 7.47. The van der Waals surface area contributed by atoms with Crippen molar-refractivity contribution in [2.75, 3.05) is 13.2 Å². The van der Waals surface area contributed by atoms with Crippen molar-refractivity contribution in [2.45, 2.75) is 185 Å². The molecule has 1 aliphatic carbocycles. The minimum Gasteiger partial charge on any atom is -0.462 e. The van der Waals surface area contributed by atoms with Gasteiger partial charge in [-0.2, -0.15) is 0 Å². The van der Waals surface area contributed by atoms with Gasteiger partial charge in [-0.15, -0.1) is 0 Å². The van der Waals surface area contributed by atoms with E-state index in [-0.39, 0.29) is 12.8 Å². The van der Waals surface area contributed by atoms with Gasteiger partial charge in [-0.05, 0) is 89.9 Å². The molecule has 1 fully saturated rings. The highest BCUT2D eigenvalue weighted by Gasteiger charge is 2.51. The van der Waals surface area contributed by atoms with Crippen LogP contribution in [-0.2, 0) is 32.7 Å². The van der Waals surface area contributed by atoms with Gasteiger partial charge in [0, 0.05) is 12.8 Å². The Labute approximate surface area is 365 Å². The Hall–Kier alpha value is -2.97. The molecule has 0 spiro atoms. The van der Waals surface area contributed by atoms with E-state index in [4.69, 9.17) is 18.5 Å². The van der Waals surface area contributed by atoms with Crippen LogP contribution in [0, 0.1) is 0 Å². The molecule has 0 aromatic heterocycles. The summed E-state index contributed by atoms with van der Waals surface area (Å²) in [7, 11) is -5.14. The largest absolute Gasteiger partial charge is 0.472 e. The van der Waals surface area contributed by atoms with E-state index in [1.165, 1.54) is 25.7 Å². The first-order chi connectivity index (χ1) is 29.4. The lowest BCUT2D eigenvalue weighted by Gasteiger charge is -2.41. The standard InChI is InChI=1S/C47H77O13P/c1-3-5-7-9-11-13-15-17-19-20-22-23-25-27-29-31-33-35-40(48)57-37-39(38-58-61(55,56)60-47-45(53)43(51)42(50)44(52)46(47)54)59-41(49)36-34-32-30-28-26-24-21-18-16-14-12-10-8-6-4-2/h7,9,12-15,18-21,23,25-26,28,39,42-47,50-54H,3-6,8,10-11,16-17,22,24,27,29-38H2,1-2H3,(H,55,56)/b9-7+,14-12+,15-13+,20-19+,21-18+,25-23+,28-26+/t39-,42?,43-,44?,45?,46?,47?/m0/s1. The van der Waals surface area contributed by atoms with Crippen LogP contribution in [0.15, 0.2) is 85.1 Å². The van der Waals surface area contributed by atoms with Crippen LogP contribution in [0.2, 0.25) is 0 Å². The Morgan fingerprint density at radius 2 is 0.918 bits per heavy atom. The number of rotatable bonds is 35. The second kappa shape index (κ2) is 36.5. The predicted octanol–water partition coefficient (Wildman–Crippen LogP) is 8.50. The number of hydrogen-bond donors (Lipinski definition) is 6. The number of aliphatic hydroxyl groups is 5. The van der Waals surface area contributed by atoms with E-state index < -0.39 is 75.7 Å². The quantitative estimate of drug-likeness (QED) is 0.0153. The summed E-state index contributed by atoms with van der Waals surface area (Å²) in [6, 6.07) is 0. The van der Waals surface area contributed by atoms with Crippen molar-refractivity contribution in [3.05, 3.63) is 85.1 Å². The zero-order valence-corrected chi connectivity index (χ0v) is 37.6. The summed E-state index contributed by atoms with van der Waals surface area (Å²) in [5, 5.41) is 50.1. The van der Waals surface area contributed by atoms with Crippen molar-refractivity contribution in [3.8, 4) is 0 Å². The number of carbonyl (C=O) groups is 2. The molecule has 0 heterocycles. The zero-order chi connectivity index (χ0) is 45.0. The lowest BCUT2D eigenvalue weighted by molar-refractivity contribution is -0.220. The third-order valence-electron chi connectivity index (χ3n) is 9.69. The number of hydrogen-bond acceptors (Lipinski definition) is 12. The first-order valence-corrected chi connectivity index (χ1v) is 23.9. The van der Waals surface area contributed by atoms with Crippen molar-refractivity contribution in [3.63, 3.8) is 0 Å². The SMILES string of the molecule is CCC/C=C/C/C=C/C/C=C/C/C=C/CCCCCC(=O)OC[C@@H](COP(=O)(O)OC1C(O)C(O)C(O)[C@H](O)C1O)OC(=O)CCCC/C=C/C/C=C/C/C=C/CCCCC. The average molecular weight is 881 g/mol. The van der Waals surface area contributed by atoms with E-state index in [9.17, 15) is 44.6 Å². The Morgan fingerprint density at radius 1 is 0.508 bits per heavy atom. The topological polar surface area (TPSA) is 210 Å². The van der Waals surface area contributed by atoms with Crippen LogP contribution in [0.4, 0.5) is 0 Å². The van der Waals surface area contributed by atoms with Gasteiger partial charge >= 0.3 is 19.8 Å². The summed E-state index contributed by atoms with van der Waals surface area (Å²) >= 11 is 0. The van der Waals surface area contributed by atoms with Gasteiger partial charge in [-0.1, -0.05) is 125 Å². The Bertz CT molecular complexity index is 1390. The lowest BCUT2D eigenvalue weighted by atomic mass is 9.85. The number of unbranched alkanes of at least 4 members (excludes halogenated alkanes) is 9. The normalized spacial score (nSPS) is 22.8. The van der Waals surface area contributed by atoms with E-state index in [0.29, 0.717) is 19.3 Å². The maximum Gasteiger partial charge on any atom is 0.472 e. The van der Waals surface area contributed by atoms with Gasteiger partial charge < -0.3 is 39.9 Å². The third-order valence-corrected chi connectivity index (χ3v) is 10.7. The number of ether oxygens (including phenoxy) is 2. The van der Waals surface area contributed by atoms with E-state index in [1.807, 2.05) is 0 Å². The molecule has 8 atom stereocenters. The van der Waals surface area contributed by atoms with Crippen molar-refractivity contribution < 1.29 is 63.1 Å². The molecule has 0 aromatic carbocycles. The molecule has 0 aromatic rings. The third kappa shape index (κ3) is 29.1. The molecule has 14 heteroatoms. The summed E-state index contributed by atoms with van der Waals surface area (Å²) in [5.74, 6) is -1.19. The Balaban J connectivity index is 2.54. The van der Waals surface area contributed by atoms with E-state index in [2.05, 4.69) is 98.9 Å². The van der Waals surface area contributed by atoms with Gasteiger partial charge in [0.25, 0.3) is 0 Å². The maximum absolute atomic E-state index is 12.8. The maximum atomic E-state index is 12.8. The summed E-state index contributed by atoms with van der Waals surface area (Å²) < 4.78 is 33.4. The minimum atomic E-state index is -5.14. The number of allylic oxidation sites excluding steroid dienone is 14. The molecule has 348 valence electrons. The fraction of sp³-hybridized carbons (Fsp3) is 0.660. The zero-order valence-electron chi connectivity index (χ0n) is 36.7. The van der Waals surface area contributed by atoms with Crippen molar-refractivity contribution >= 4 is 19.8 Å². The van der Waals surface area contributed by atoms with Crippen LogP contribution in [0.3, 0.4) is 0 Å². The van der Waals surface area contributed by atoms with Gasteiger partial charge in [0.15, 0.2) is 6.10 Å². The van der Waals surface area contributed by atoms with Gasteiger partial charge in [-0.3, -0.25) is 18.6 Å². The molecule has 0 radical (unpaired) electrons. The summed E-state index contributed by atoms with van der Waals surface area (Å²) in [4.78, 5) is 35.6. The number of phosphoric ester groups is 1. The van der Waals surface area contributed by atoms with E-state index in [1.54, 1.807) is 0 Å². The fourth-order valence-corrected chi connectivity index (χ4v) is 7.02. The predicted molar refractivity (Wildman–Crippen MR) is 239 cm³/mol. The minimum absolute atomic E-state index is 0.0357. The summed E-state index contributed by atoms with van der Waals surface area (Å²) in [5.41, 5.74) is 0. The second-order valence-corrected chi connectivity index (χ2v) is 16.6. The lowest BCUT2D eigenvalue weighted by Crippen LogP contribution is -2.64. The number of carbonyl (C=O) groups excluding carboxylic acids is 2. The van der Waals surface area contributed by atoms with Gasteiger partial charge in [0.1, 0.15) is 43.2 Å². The van der Waals surface area contributed by atoms with Crippen molar-refractivity contribution in [1.29, 1.82) is 0 Å². The molecule has 1 aliphatic rings. The van der Waals surface area contributed by atoms with Crippen LogP contribution in [0.25, 0.3) is 0 Å². The van der Waals surface area contributed by atoms with Gasteiger partial charge in [0.2, 0.25) is 0 Å². The Morgan fingerprint density at radius 3 is 1.41 bits per heavy atom. The van der Waals surface area contributed by atoms with Crippen LogP contribution >= 0.6 is 7.82 Å². The number of aliphatic hydroxyl groups excluding tert-OH is 5. The molecule has 6 N–H and O–H groups in total. The summed E-state index contributed by atoms with van der Waals surface area (Å²) in [6.45, 7) is 3.12. The molecule has 1 saturated carbocycles. The molecule has 1 rings (SSSR count). The highest BCUT2D eigenvalue weighted by atomic mass is 31.2. The molecule has 61 heavy (non-hydrogen) atoms. The molecule has 0 saturated heterocycles. The smallest absolute Gasteiger partial charge is 0.462 e. The second-order valence-electron chi connectivity index (χ2n) is 15.2. The van der Waals surface area contributed by atoms with Crippen molar-refractivity contribution in [2.24, 2.45) is 0 Å². The first-order valence-electron chi connectivity index (χ1n) is 22.4. The molecule has 6 unspecified atom stereocenters. The summed E-state index contributed by atoms with van der Waals surface area (Å²) in [6.07, 6.45) is 33.5. The van der Waals surface area contributed by atoms with Crippen molar-refractivity contribution in [1.82, 2.24) is 0 Å². The van der Waals surface area contributed by atoms with Crippen LogP contribution in [0.1, 0.15) is 142 Å². The van der Waals surface area contributed by atoms with Gasteiger partial charge in [0.05, 0.1) is 6.61 Å². The number of phosphoric acid groups is 1. The molecular formula is C47H77O13P. The molecule has 0 bridgehead atoms. The van der Waals surface area contributed by atoms with E-state index >= 15 is 0 Å². The Kier molecular flexibility index (Phi) is 33.5. The number of esters is 2. The highest BCUT2D eigenvalue weighted by Crippen LogP contribution is 2.47. The molecule has 13 nitrogen and oxygen atoms in total. The van der Waals surface area contributed by atoms with E-state index in [0.717, 1.165) is 70.6 Å². The molecular weight excluding hydrogens is 803 g/mol.